The Kier molecular flexibility index (Phi) is 5.66. The Morgan fingerprint density at radius 3 is 2.64 bits per heavy atom. The van der Waals surface area contributed by atoms with Gasteiger partial charge in [-0.25, -0.2) is 0 Å². The quantitative estimate of drug-likeness (QED) is 0.675. The van der Waals surface area contributed by atoms with Crippen molar-refractivity contribution in [2.24, 2.45) is 11.8 Å². The van der Waals surface area contributed by atoms with Crippen molar-refractivity contribution in [2.75, 3.05) is 19.6 Å². The van der Waals surface area contributed by atoms with Gasteiger partial charge in [0, 0.05) is 6.54 Å². The Morgan fingerprint density at radius 2 is 2.05 bits per heavy atom. The highest BCUT2D eigenvalue weighted by Crippen LogP contribution is 2.28. The van der Waals surface area contributed by atoms with Gasteiger partial charge in [-0.3, -0.25) is 9.59 Å². The van der Waals surface area contributed by atoms with E-state index in [2.05, 4.69) is 10.6 Å². The van der Waals surface area contributed by atoms with Crippen LogP contribution in [-0.4, -0.2) is 43.7 Å². The maximum atomic E-state index is 12.5. The molecule has 126 valence electrons. The first-order valence-corrected chi connectivity index (χ1v) is 7.73. The van der Waals surface area contributed by atoms with Crippen molar-refractivity contribution in [2.45, 2.75) is 44.3 Å². The molecule has 2 amide bonds. The third-order valence-corrected chi connectivity index (χ3v) is 4.34. The van der Waals surface area contributed by atoms with E-state index >= 15 is 0 Å². The van der Waals surface area contributed by atoms with E-state index in [-0.39, 0.29) is 12.8 Å². The van der Waals surface area contributed by atoms with Gasteiger partial charge in [0.25, 0.3) is 0 Å². The average molecular weight is 321 g/mol. The number of hydrogen-bond acceptors (Lipinski definition) is 3. The zero-order valence-corrected chi connectivity index (χ0v) is 12.3. The summed E-state index contributed by atoms with van der Waals surface area (Å²) in [6.45, 7) is 2.40. The maximum absolute atomic E-state index is 12.5. The van der Waals surface area contributed by atoms with Crippen LogP contribution in [0.2, 0.25) is 0 Å². The fourth-order valence-electron chi connectivity index (χ4n) is 3.00. The van der Waals surface area contributed by atoms with Gasteiger partial charge in [0.2, 0.25) is 11.8 Å². The maximum Gasteiger partial charge on any atom is 0.408 e. The molecule has 3 N–H and O–H groups in total. The summed E-state index contributed by atoms with van der Waals surface area (Å²) in [4.78, 5) is 23.6. The molecule has 0 spiro atoms. The molecule has 2 aliphatic rings. The van der Waals surface area contributed by atoms with E-state index in [0.717, 1.165) is 32.4 Å². The van der Waals surface area contributed by atoms with Crippen molar-refractivity contribution in [3.8, 4) is 0 Å². The number of carbonyl (C=O) groups excluding carboxylic acids is 2. The highest BCUT2D eigenvalue weighted by molar-refractivity contribution is 6.00. The van der Waals surface area contributed by atoms with Gasteiger partial charge in [-0.1, -0.05) is 0 Å². The summed E-state index contributed by atoms with van der Waals surface area (Å²) < 4.78 is 37.6. The molecular weight excluding hydrogens is 299 g/mol. The molecule has 8 heteroatoms. The zero-order valence-electron chi connectivity index (χ0n) is 12.3. The van der Waals surface area contributed by atoms with Crippen molar-refractivity contribution in [1.29, 1.82) is 0 Å². The van der Waals surface area contributed by atoms with Crippen molar-refractivity contribution in [3.63, 3.8) is 0 Å². The van der Waals surface area contributed by atoms with Crippen molar-refractivity contribution >= 4 is 11.8 Å². The number of alkyl halides is 3. The lowest BCUT2D eigenvalue weighted by molar-refractivity contribution is -0.171. The molecule has 3 atom stereocenters. The van der Waals surface area contributed by atoms with Gasteiger partial charge in [-0.05, 0) is 51.1 Å². The Labute approximate surface area is 127 Å². The minimum Gasteiger partial charge on any atom is -0.355 e. The summed E-state index contributed by atoms with van der Waals surface area (Å²) in [7, 11) is 0. The first-order chi connectivity index (χ1) is 10.4. The minimum atomic E-state index is -4.45. The summed E-state index contributed by atoms with van der Waals surface area (Å²) in [5.41, 5.74) is 0. The summed E-state index contributed by atoms with van der Waals surface area (Å²) in [6.07, 6.45) is -1.72. The summed E-state index contributed by atoms with van der Waals surface area (Å²) in [5, 5.41) is 7.85. The third-order valence-electron chi connectivity index (χ3n) is 4.34. The van der Waals surface area contributed by atoms with Gasteiger partial charge in [0.1, 0.15) is 12.0 Å². The highest BCUT2D eigenvalue weighted by Gasteiger charge is 2.45. The third kappa shape index (κ3) is 4.59. The standard InChI is InChI=1S/C14H22F3N3O2/c15-14(16,17)11-4-3-10(13(22)20-11)12(21)19-7-5-9-2-1-6-18-8-9/h9-11,18H,1-8H2,(H,19,21)(H,20,22). The fraction of sp³-hybridized carbons (Fsp3) is 0.857. The summed E-state index contributed by atoms with van der Waals surface area (Å²) in [6, 6.07) is -1.84. The lowest BCUT2D eigenvalue weighted by atomic mass is 9.92. The van der Waals surface area contributed by atoms with Gasteiger partial charge in [0.05, 0.1) is 0 Å². The Morgan fingerprint density at radius 1 is 1.27 bits per heavy atom. The zero-order chi connectivity index (χ0) is 16.2. The topological polar surface area (TPSA) is 70.2 Å². The first-order valence-electron chi connectivity index (χ1n) is 7.73. The minimum absolute atomic E-state index is 0.0627. The largest absolute Gasteiger partial charge is 0.408 e. The van der Waals surface area contributed by atoms with Crippen molar-refractivity contribution < 1.29 is 22.8 Å². The molecule has 2 fully saturated rings. The number of hydrogen-bond donors (Lipinski definition) is 3. The lowest BCUT2D eigenvalue weighted by Crippen LogP contribution is -2.54. The smallest absolute Gasteiger partial charge is 0.355 e. The molecule has 0 aromatic rings. The second-order valence-electron chi connectivity index (χ2n) is 6.02. The number of rotatable bonds is 4. The monoisotopic (exact) mass is 321 g/mol. The normalized spacial score (nSPS) is 29.8. The SMILES string of the molecule is O=C(NCCC1CCCNC1)C1CCC(C(F)(F)F)NC1=O. The molecule has 2 aliphatic heterocycles. The molecule has 5 nitrogen and oxygen atoms in total. The van der Waals surface area contributed by atoms with E-state index in [1.807, 2.05) is 5.32 Å². The van der Waals surface area contributed by atoms with Gasteiger partial charge >= 0.3 is 6.18 Å². The number of halogens is 3. The van der Waals surface area contributed by atoms with Gasteiger partial charge in [0.15, 0.2) is 0 Å². The highest BCUT2D eigenvalue weighted by atomic mass is 19.4. The number of carbonyl (C=O) groups is 2. The van der Waals surface area contributed by atoms with E-state index in [4.69, 9.17) is 0 Å². The molecule has 0 aromatic heterocycles. The second-order valence-corrected chi connectivity index (χ2v) is 6.02. The number of piperidine rings is 2. The predicted octanol–water partition coefficient (Wildman–Crippen LogP) is 0.949. The van der Waals surface area contributed by atoms with Gasteiger partial charge in [-0.2, -0.15) is 13.2 Å². The summed E-state index contributed by atoms with van der Waals surface area (Å²) in [5.74, 6) is -1.81. The van der Waals surface area contributed by atoms with Crippen LogP contribution in [0, 0.1) is 11.8 Å². The second kappa shape index (κ2) is 7.30. The van der Waals surface area contributed by atoms with E-state index in [1.165, 1.54) is 0 Å². The first kappa shape index (κ1) is 17.1. The van der Waals surface area contributed by atoms with Gasteiger partial charge in [-0.15, -0.1) is 0 Å². The Bertz CT molecular complexity index is 409. The number of amides is 2. The van der Waals surface area contributed by atoms with Crippen LogP contribution in [0.4, 0.5) is 13.2 Å². The van der Waals surface area contributed by atoms with Crippen LogP contribution in [0.1, 0.15) is 32.1 Å². The molecule has 0 radical (unpaired) electrons. The van der Waals surface area contributed by atoms with Crippen LogP contribution >= 0.6 is 0 Å². The van der Waals surface area contributed by atoms with Crippen LogP contribution in [0.25, 0.3) is 0 Å². The van der Waals surface area contributed by atoms with E-state index in [1.54, 1.807) is 0 Å². The van der Waals surface area contributed by atoms with E-state index in [0.29, 0.717) is 12.5 Å². The molecule has 2 heterocycles. The Balaban J connectivity index is 1.72. The van der Waals surface area contributed by atoms with Crippen LogP contribution in [0.15, 0.2) is 0 Å². The van der Waals surface area contributed by atoms with Crippen LogP contribution in [-0.2, 0) is 9.59 Å². The van der Waals surface area contributed by atoms with E-state index in [9.17, 15) is 22.8 Å². The Hall–Kier alpha value is -1.31. The van der Waals surface area contributed by atoms with Crippen molar-refractivity contribution in [1.82, 2.24) is 16.0 Å². The molecule has 0 aliphatic carbocycles. The van der Waals surface area contributed by atoms with Crippen molar-refractivity contribution in [3.05, 3.63) is 0 Å². The average Bonchev–Trinajstić information content (AvgIpc) is 2.47. The molecule has 2 saturated heterocycles. The van der Waals surface area contributed by atoms with E-state index < -0.39 is 30.0 Å². The molecule has 0 aromatic carbocycles. The number of nitrogens with one attached hydrogen (secondary N) is 3. The molecular formula is C14H22F3N3O2. The molecule has 3 unspecified atom stereocenters. The van der Waals surface area contributed by atoms with Crippen LogP contribution in [0.5, 0.6) is 0 Å². The molecule has 0 saturated carbocycles. The lowest BCUT2D eigenvalue weighted by Gasteiger charge is -2.30. The predicted molar refractivity (Wildman–Crippen MR) is 73.9 cm³/mol. The van der Waals surface area contributed by atoms with Crippen LogP contribution < -0.4 is 16.0 Å². The fourth-order valence-corrected chi connectivity index (χ4v) is 3.00. The molecule has 2 rings (SSSR count). The summed E-state index contributed by atoms with van der Waals surface area (Å²) >= 11 is 0. The van der Waals surface area contributed by atoms with Gasteiger partial charge < -0.3 is 16.0 Å². The molecule has 22 heavy (non-hydrogen) atoms. The molecule has 0 bridgehead atoms. The van der Waals surface area contributed by atoms with Crippen LogP contribution in [0.3, 0.4) is 0 Å².